The first kappa shape index (κ1) is 10.0. The molecule has 1 saturated carbocycles. The Hall–Kier alpha value is -0.160. The molecule has 4 atom stereocenters. The molecule has 1 N–H and O–H groups in total. The van der Waals surface area contributed by atoms with Crippen LogP contribution in [0, 0.1) is 0 Å². The molecular weight excluding hydrogens is 196 g/mol. The van der Waals surface area contributed by atoms with E-state index >= 15 is 0 Å². The lowest BCUT2D eigenvalue weighted by molar-refractivity contribution is -0.244. The summed E-state index contributed by atoms with van der Waals surface area (Å²) in [5.74, 6) is -0.450. The van der Waals surface area contributed by atoms with E-state index in [1.54, 1.807) is 0 Å². The summed E-state index contributed by atoms with van der Waals surface area (Å²) in [5.41, 5.74) is 0. The molecule has 1 spiro atoms. The maximum Gasteiger partial charge on any atom is 0.190 e. The Bertz CT molecular complexity index is 249. The molecular formula is C11H18O4. The molecule has 0 aromatic carbocycles. The summed E-state index contributed by atoms with van der Waals surface area (Å²) in [5, 5.41) is 9.85. The molecule has 0 aromatic rings. The van der Waals surface area contributed by atoms with Gasteiger partial charge in [0.1, 0.15) is 12.2 Å². The second-order valence-corrected chi connectivity index (χ2v) is 4.87. The van der Waals surface area contributed by atoms with Gasteiger partial charge >= 0.3 is 0 Å². The predicted octanol–water partition coefficient (Wildman–Crippen LogP) is 1.17. The molecule has 0 bridgehead atoms. The molecule has 2 aliphatic heterocycles. The number of hydrogen-bond acceptors (Lipinski definition) is 4. The molecule has 0 radical (unpaired) electrons. The van der Waals surface area contributed by atoms with E-state index in [0.717, 1.165) is 25.7 Å². The quantitative estimate of drug-likeness (QED) is 0.657. The Morgan fingerprint density at radius 3 is 2.53 bits per heavy atom. The average Bonchev–Trinajstić information content (AvgIpc) is 2.67. The van der Waals surface area contributed by atoms with Gasteiger partial charge in [0, 0.05) is 12.8 Å². The van der Waals surface area contributed by atoms with Crippen LogP contribution < -0.4 is 0 Å². The van der Waals surface area contributed by atoms with Crippen molar-refractivity contribution in [3.63, 3.8) is 0 Å². The smallest absolute Gasteiger partial charge is 0.190 e. The summed E-state index contributed by atoms with van der Waals surface area (Å²) in [6.07, 6.45) is 4.05. The molecule has 0 amide bonds. The first-order chi connectivity index (χ1) is 7.20. The van der Waals surface area contributed by atoms with Crippen LogP contribution in [0.15, 0.2) is 0 Å². The Morgan fingerprint density at radius 1 is 1.13 bits per heavy atom. The third kappa shape index (κ3) is 1.51. The first-order valence-electron chi connectivity index (χ1n) is 5.89. The van der Waals surface area contributed by atoms with Crippen molar-refractivity contribution in [2.75, 3.05) is 0 Å². The molecule has 3 rings (SSSR count). The van der Waals surface area contributed by atoms with Gasteiger partial charge in [-0.2, -0.15) is 0 Å². The van der Waals surface area contributed by atoms with Crippen LogP contribution in [0.2, 0.25) is 0 Å². The summed E-state index contributed by atoms with van der Waals surface area (Å²) in [6, 6.07) is 0. The second-order valence-electron chi connectivity index (χ2n) is 4.87. The van der Waals surface area contributed by atoms with Gasteiger partial charge in [0.25, 0.3) is 0 Å². The van der Waals surface area contributed by atoms with Gasteiger partial charge < -0.3 is 19.3 Å². The van der Waals surface area contributed by atoms with Crippen molar-refractivity contribution in [2.45, 2.75) is 69.4 Å². The zero-order valence-electron chi connectivity index (χ0n) is 9.02. The van der Waals surface area contributed by atoms with Crippen molar-refractivity contribution < 1.29 is 19.3 Å². The van der Waals surface area contributed by atoms with Crippen LogP contribution in [0.3, 0.4) is 0 Å². The van der Waals surface area contributed by atoms with E-state index in [0.29, 0.717) is 0 Å². The Kier molecular flexibility index (Phi) is 2.28. The lowest BCUT2D eigenvalue weighted by Gasteiger charge is -2.33. The fourth-order valence-corrected chi connectivity index (χ4v) is 2.83. The topological polar surface area (TPSA) is 47.9 Å². The monoisotopic (exact) mass is 214 g/mol. The van der Waals surface area contributed by atoms with Crippen molar-refractivity contribution in [1.82, 2.24) is 0 Å². The van der Waals surface area contributed by atoms with Crippen LogP contribution in [0.25, 0.3) is 0 Å². The van der Waals surface area contributed by atoms with Crippen LogP contribution >= 0.6 is 0 Å². The lowest BCUT2D eigenvalue weighted by Crippen LogP contribution is -2.38. The zero-order chi connectivity index (χ0) is 10.5. The van der Waals surface area contributed by atoms with Crippen molar-refractivity contribution in [2.24, 2.45) is 0 Å². The van der Waals surface area contributed by atoms with E-state index in [1.165, 1.54) is 6.42 Å². The highest BCUT2D eigenvalue weighted by atomic mass is 16.8. The minimum atomic E-state index is -0.545. The van der Waals surface area contributed by atoms with Crippen molar-refractivity contribution in [1.29, 1.82) is 0 Å². The lowest BCUT2D eigenvalue weighted by atomic mass is 9.94. The van der Waals surface area contributed by atoms with Gasteiger partial charge in [0.05, 0.1) is 6.10 Å². The molecule has 1 aliphatic carbocycles. The van der Waals surface area contributed by atoms with E-state index in [2.05, 4.69) is 0 Å². The van der Waals surface area contributed by atoms with Crippen molar-refractivity contribution in [3.8, 4) is 0 Å². The Balaban J connectivity index is 1.74. The fraction of sp³-hybridized carbons (Fsp3) is 1.00. The molecule has 86 valence electrons. The summed E-state index contributed by atoms with van der Waals surface area (Å²) in [7, 11) is 0. The molecule has 15 heavy (non-hydrogen) atoms. The predicted molar refractivity (Wildman–Crippen MR) is 52.1 cm³/mol. The normalized spacial score (nSPS) is 48.4. The van der Waals surface area contributed by atoms with Crippen LogP contribution in [0.5, 0.6) is 0 Å². The van der Waals surface area contributed by atoms with Crippen molar-refractivity contribution >= 4 is 0 Å². The average molecular weight is 214 g/mol. The highest BCUT2D eigenvalue weighted by Crippen LogP contribution is 2.44. The third-order valence-electron chi connectivity index (χ3n) is 3.73. The van der Waals surface area contributed by atoms with Gasteiger partial charge in [0.15, 0.2) is 12.1 Å². The highest BCUT2D eigenvalue weighted by Gasteiger charge is 2.56. The fourth-order valence-electron chi connectivity index (χ4n) is 2.83. The number of aliphatic hydroxyl groups is 1. The summed E-state index contributed by atoms with van der Waals surface area (Å²) in [6.45, 7) is 1.85. The molecule has 4 heteroatoms. The summed E-state index contributed by atoms with van der Waals surface area (Å²) in [4.78, 5) is 0. The van der Waals surface area contributed by atoms with Gasteiger partial charge in [-0.05, 0) is 19.8 Å². The van der Waals surface area contributed by atoms with E-state index < -0.39 is 11.9 Å². The third-order valence-corrected chi connectivity index (χ3v) is 3.73. The van der Waals surface area contributed by atoms with Gasteiger partial charge in [-0.15, -0.1) is 0 Å². The summed E-state index contributed by atoms with van der Waals surface area (Å²) >= 11 is 0. The molecule has 4 nitrogen and oxygen atoms in total. The van der Waals surface area contributed by atoms with Crippen LogP contribution in [-0.4, -0.2) is 35.5 Å². The van der Waals surface area contributed by atoms with E-state index in [1.807, 2.05) is 6.92 Å². The van der Waals surface area contributed by atoms with E-state index in [-0.39, 0.29) is 18.5 Å². The number of fused-ring (bicyclic) bond motifs is 1. The van der Waals surface area contributed by atoms with Gasteiger partial charge in [-0.1, -0.05) is 6.42 Å². The molecule has 3 fully saturated rings. The van der Waals surface area contributed by atoms with Crippen LogP contribution in [0.1, 0.15) is 39.0 Å². The molecule has 0 aromatic heterocycles. The van der Waals surface area contributed by atoms with Gasteiger partial charge in [-0.3, -0.25) is 0 Å². The maximum atomic E-state index is 9.85. The van der Waals surface area contributed by atoms with Crippen LogP contribution in [0.4, 0.5) is 0 Å². The minimum Gasteiger partial charge on any atom is -0.387 e. The van der Waals surface area contributed by atoms with Gasteiger partial charge in [-0.25, -0.2) is 0 Å². The summed E-state index contributed by atoms with van der Waals surface area (Å²) < 4.78 is 17.3. The highest BCUT2D eigenvalue weighted by molar-refractivity contribution is 4.94. The zero-order valence-corrected chi connectivity index (χ0v) is 9.02. The number of ether oxygens (including phenoxy) is 3. The largest absolute Gasteiger partial charge is 0.387 e. The van der Waals surface area contributed by atoms with Crippen molar-refractivity contribution in [3.05, 3.63) is 0 Å². The van der Waals surface area contributed by atoms with Gasteiger partial charge in [0.2, 0.25) is 0 Å². The number of rotatable bonds is 0. The second kappa shape index (κ2) is 3.42. The first-order valence-corrected chi connectivity index (χ1v) is 5.89. The Morgan fingerprint density at radius 2 is 1.87 bits per heavy atom. The molecule has 3 aliphatic rings. The Labute approximate surface area is 89.5 Å². The maximum absolute atomic E-state index is 9.85. The SMILES string of the molecule is CC1OC2OC3(CCCCC3)OC2C1O. The van der Waals surface area contributed by atoms with E-state index in [9.17, 15) is 5.11 Å². The standard InChI is InChI=1S/C11H18O4/c1-7-8(12)9-10(13-7)15-11(14-9)5-3-2-4-6-11/h7-10,12H,2-6H2,1H3. The molecule has 2 heterocycles. The van der Waals surface area contributed by atoms with Crippen LogP contribution in [-0.2, 0) is 14.2 Å². The molecule has 4 unspecified atom stereocenters. The number of aliphatic hydroxyl groups excluding tert-OH is 1. The number of hydrogen-bond donors (Lipinski definition) is 1. The van der Waals surface area contributed by atoms with E-state index in [4.69, 9.17) is 14.2 Å². The minimum absolute atomic E-state index is 0.180. The molecule has 2 saturated heterocycles.